The Labute approximate surface area is 168 Å². The number of alkyl halides is 6. The first kappa shape index (κ1) is 21.2. The quantitative estimate of drug-likeness (QED) is 0.333. The molecule has 12 heteroatoms. The van der Waals surface area contributed by atoms with Gasteiger partial charge in [0, 0.05) is 26.4 Å². The Hall–Kier alpha value is -1.53. The number of fused-ring (bicyclic) bond motifs is 1. The van der Waals surface area contributed by atoms with Gasteiger partial charge in [-0.05, 0) is 53.5 Å². The Balaban J connectivity index is 1.98. The lowest BCUT2D eigenvalue weighted by Crippen LogP contribution is -1.99. The molecule has 0 unspecified atom stereocenters. The Morgan fingerprint density at radius 3 is 2.29 bits per heavy atom. The van der Waals surface area contributed by atoms with Gasteiger partial charge in [0.15, 0.2) is 5.65 Å². The lowest BCUT2D eigenvalue weighted by Gasteiger charge is -2.10. The van der Waals surface area contributed by atoms with Gasteiger partial charge in [-0.2, -0.15) is 26.3 Å². The van der Waals surface area contributed by atoms with Gasteiger partial charge in [-0.25, -0.2) is 9.97 Å². The second kappa shape index (κ2) is 8.07. The highest BCUT2D eigenvalue weighted by atomic mass is 32.2. The van der Waals surface area contributed by atoms with Crippen molar-refractivity contribution in [3.8, 4) is 11.4 Å². The zero-order chi connectivity index (χ0) is 20.5. The molecule has 3 aromatic rings. The molecule has 1 N–H and O–H groups in total. The summed E-state index contributed by atoms with van der Waals surface area (Å²) >= 11 is 0.851. The molecule has 0 saturated heterocycles. The van der Waals surface area contributed by atoms with Crippen LogP contribution in [0.15, 0.2) is 45.1 Å². The Kier molecular flexibility index (Phi) is 6.11. The molecule has 0 spiro atoms. The number of hydrogen-bond donors (Lipinski definition) is 1. The van der Waals surface area contributed by atoms with E-state index in [9.17, 15) is 26.3 Å². The minimum atomic E-state index is -4.44. The van der Waals surface area contributed by atoms with Crippen molar-refractivity contribution >= 4 is 46.4 Å². The summed E-state index contributed by atoms with van der Waals surface area (Å²) in [6.45, 7) is 1.86. The first-order chi connectivity index (χ1) is 13.0. The minimum absolute atomic E-state index is 0.0466. The van der Waals surface area contributed by atoms with E-state index < -0.39 is 11.0 Å². The van der Waals surface area contributed by atoms with Gasteiger partial charge in [0.05, 0.1) is 5.52 Å². The fourth-order valence-electron chi connectivity index (χ4n) is 2.37. The lowest BCUT2D eigenvalue weighted by molar-refractivity contribution is -0.0337. The van der Waals surface area contributed by atoms with Gasteiger partial charge in [0.1, 0.15) is 5.82 Å². The van der Waals surface area contributed by atoms with Crippen molar-refractivity contribution < 1.29 is 26.3 Å². The maximum absolute atomic E-state index is 12.6. The summed E-state index contributed by atoms with van der Waals surface area (Å²) in [7, 11) is 0. The van der Waals surface area contributed by atoms with Crippen molar-refractivity contribution in [3.63, 3.8) is 0 Å². The van der Waals surface area contributed by atoms with Crippen LogP contribution in [0.4, 0.5) is 26.3 Å². The van der Waals surface area contributed by atoms with Crippen LogP contribution in [0, 0.1) is 0 Å². The molecule has 0 aliphatic heterocycles. The van der Waals surface area contributed by atoms with Crippen molar-refractivity contribution in [2.45, 2.75) is 32.6 Å². The average Bonchev–Trinajstić information content (AvgIpc) is 2.95. The van der Waals surface area contributed by atoms with Crippen LogP contribution in [-0.4, -0.2) is 31.7 Å². The van der Waals surface area contributed by atoms with Gasteiger partial charge in [0.2, 0.25) is 0 Å². The topological polar surface area (TPSA) is 41.6 Å². The van der Waals surface area contributed by atoms with E-state index in [1.165, 1.54) is 36.0 Å². The van der Waals surface area contributed by atoms with Crippen molar-refractivity contribution in [1.82, 2.24) is 15.0 Å². The number of pyridine rings is 1. The summed E-state index contributed by atoms with van der Waals surface area (Å²) in [6, 6.07) is 5.55. The molecule has 0 aliphatic rings. The van der Waals surface area contributed by atoms with Crippen LogP contribution in [0.3, 0.4) is 0 Å². The molecule has 150 valence electrons. The number of halogens is 6. The van der Waals surface area contributed by atoms with E-state index in [0.717, 1.165) is 6.20 Å². The number of nitrogens with zero attached hydrogens (tertiary/aromatic N) is 2. The Morgan fingerprint density at radius 2 is 1.64 bits per heavy atom. The molecule has 2 heterocycles. The van der Waals surface area contributed by atoms with Gasteiger partial charge in [0.25, 0.3) is 0 Å². The highest BCUT2D eigenvalue weighted by molar-refractivity contribution is 8.00. The standard InChI is InChI=1S/C16H11F6N3S3/c1-2-26-12-6-8(27-15(17,18)19)3-4-10(12)13-24-11-5-9(28-16(20,21)22)7-23-14(11)25-13/h3-7H,2H2,1H3,(H,23,24,25). The normalized spacial score (nSPS) is 12.7. The monoisotopic (exact) mass is 455 g/mol. The number of aromatic nitrogens is 3. The first-order valence-corrected chi connectivity index (χ1v) is 10.3. The number of hydrogen-bond acceptors (Lipinski definition) is 5. The van der Waals surface area contributed by atoms with Gasteiger partial charge >= 0.3 is 11.0 Å². The summed E-state index contributed by atoms with van der Waals surface area (Å²) in [5, 5.41) is 0. The molecule has 0 amide bonds. The number of rotatable bonds is 5. The average molecular weight is 455 g/mol. The van der Waals surface area contributed by atoms with Gasteiger partial charge in [-0.3, -0.25) is 0 Å². The minimum Gasteiger partial charge on any atom is -0.337 e. The molecular formula is C16H11F6N3S3. The van der Waals surface area contributed by atoms with Crippen LogP contribution in [0.25, 0.3) is 22.6 Å². The summed E-state index contributed by atoms with van der Waals surface area (Å²) in [4.78, 5) is 11.6. The highest BCUT2D eigenvalue weighted by Gasteiger charge is 2.30. The molecule has 28 heavy (non-hydrogen) atoms. The fraction of sp³-hybridized carbons (Fsp3) is 0.250. The van der Waals surface area contributed by atoms with Crippen LogP contribution in [0.2, 0.25) is 0 Å². The Morgan fingerprint density at radius 1 is 0.964 bits per heavy atom. The summed E-state index contributed by atoms with van der Waals surface area (Å²) in [6.07, 6.45) is 1.08. The molecule has 1 aromatic carbocycles. The number of thioether (sulfide) groups is 3. The molecule has 0 bridgehead atoms. The second-order valence-electron chi connectivity index (χ2n) is 5.31. The third-order valence-electron chi connectivity index (χ3n) is 3.29. The predicted octanol–water partition coefficient (Wildman–Crippen LogP) is 6.96. The molecule has 3 rings (SSSR count). The van der Waals surface area contributed by atoms with Crippen molar-refractivity contribution in [1.29, 1.82) is 0 Å². The SMILES string of the molecule is CCSc1cc(SC(F)(F)F)ccc1-c1nc2ncc(SC(F)(F)F)cc2[nH]1. The fourth-order valence-corrected chi connectivity index (χ4v) is 4.41. The summed E-state index contributed by atoms with van der Waals surface area (Å²) < 4.78 is 75.5. The molecule has 0 radical (unpaired) electrons. The van der Waals surface area contributed by atoms with Gasteiger partial charge < -0.3 is 4.98 Å². The molecule has 0 atom stereocenters. The van der Waals surface area contributed by atoms with Crippen molar-refractivity contribution in [2.24, 2.45) is 0 Å². The maximum atomic E-state index is 12.6. The van der Waals surface area contributed by atoms with Crippen LogP contribution in [-0.2, 0) is 0 Å². The third kappa shape index (κ3) is 5.51. The molecule has 3 nitrogen and oxygen atoms in total. The van der Waals surface area contributed by atoms with Crippen LogP contribution in [0.5, 0.6) is 0 Å². The van der Waals surface area contributed by atoms with Crippen molar-refractivity contribution in [3.05, 3.63) is 30.5 Å². The zero-order valence-electron chi connectivity index (χ0n) is 14.0. The number of imidazole rings is 1. The van der Waals surface area contributed by atoms with E-state index in [1.807, 2.05) is 6.92 Å². The maximum Gasteiger partial charge on any atom is 0.446 e. The highest BCUT2D eigenvalue weighted by Crippen LogP contribution is 2.41. The second-order valence-corrected chi connectivity index (χ2v) is 8.90. The first-order valence-electron chi connectivity index (χ1n) is 7.68. The van der Waals surface area contributed by atoms with Crippen LogP contribution >= 0.6 is 35.3 Å². The molecule has 0 saturated carbocycles. The smallest absolute Gasteiger partial charge is 0.337 e. The van der Waals surface area contributed by atoms with Gasteiger partial charge in [-0.1, -0.05) is 6.92 Å². The van der Waals surface area contributed by atoms with E-state index in [2.05, 4.69) is 15.0 Å². The van der Waals surface area contributed by atoms with E-state index >= 15 is 0 Å². The molecule has 0 aliphatic carbocycles. The number of H-pyrrole nitrogens is 1. The van der Waals surface area contributed by atoms with Crippen LogP contribution in [0.1, 0.15) is 6.92 Å². The molecular weight excluding hydrogens is 444 g/mol. The lowest BCUT2D eigenvalue weighted by atomic mass is 10.2. The largest absolute Gasteiger partial charge is 0.446 e. The predicted molar refractivity (Wildman–Crippen MR) is 99.5 cm³/mol. The van der Waals surface area contributed by atoms with E-state index in [-0.39, 0.29) is 39.0 Å². The number of benzene rings is 1. The van der Waals surface area contributed by atoms with E-state index in [1.54, 1.807) is 0 Å². The molecule has 0 fully saturated rings. The molecule has 2 aromatic heterocycles. The third-order valence-corrected chi connectivity index (χ3v) is 5.64. The summed E-state index contributed by atoms with van der Waals surface area (Å²) in [5.41, 5.74) is -7.74. The number of nitrogens with one attached hydrogen (secondary N) is 1. The zero-order valence-corrected chi connectivity index (χ0v) is 16.4. The Bertz CT molecular complexity index is 984. The van der Waals surface area contributed by atoms with E-state index in [0.29, 0.717) is 27.6 Å². The summed E-state index contributed by atoms with van der Waals surface area (Å²) in [5.74, 6) is 0.953. The van der Waals surface area contributed by atoms with E-state index in [4.69, 9.17) is 0 Å². The van der Waals surface area contributed by atoms with Gasteiger partial charge in [-0.15, -0.1) is 11.8 Å². The number of aromatic amines is 1. The van der Waals surface area contributed by atoms with Crippen LogP contribution < -0.4 is 0 Å². The van der Waals surface area contributed by atoms with Crippen molar-refractivity contribution in [2.75, 3.05) is 5.75 Å².